The lowest BCUT2D eigenvalue weighted by Crippen LogP contribution is -2.08. The van der Waals surface area contributed by atoms with Gasteiger partial charge in [-0.2, -0.15) is 5.10 Å². The number of aromatic amines is 1. The molecule has 0 aliphatic rings. The van der Waals surface area contributed by atoms with E-state index in [1.165, 1.54) is 0 Å². The molecule has 7 heteroatoms. The Balaban J connectivity index is 2.26. The molecule has 0 radical (unpaired) electrons. The third-order valence-electron chi connectivity index (χ3n) is 2.21. The van der Waals surface area contributed by atoms with Crippen LogP contribution in [0.4, 0.5) is 0 Å². The summed E-state index contributed by atoms with van der Waals surface area (Å²) in [5.74, 6) is 0.683. The Labute approximate surface area is 104 Å². The summed E-state index contributed by atoms with van der Waals surface area (Å²) in [5.41, 5.74) is 0.691. The molecule has 0 aliphatic heterocycles. The molecule has 1 N–H and O–H groups in total. The van der Waals surface area contributed by atoms with Gasteiger partial charge in [-0.3, -0.25) is 14.6 Å². The minimum atomic E-state index is 0.561. The molecule has 2 aromatic heterocycles. The lowest BCUT2D eigenvalue weighted by atomic mass is 10.4. The largest absolute Gasteiger partial charge is 0.380 e. The summed E-state index contributed by atoms with van der Waals surface area (Å²) >= 11 is 5.16. The maximum atomic E-state index is 5.31. The van der Waals surface area contributed by atoms with Gasteiger partial charge in [-0.25, -0.2) is 4.98 Å². The van der Waals surface area contributed by atoms with Crippen LogP contribution < -0.4 is 0 Å². The number of aromatic nitrogens is 5. The quantitative estimate of drug-likeness (QED) is 0.643. The van der Waals surface area contributed by atoms with Crippen molar-refractivity contribution in [3.8, 4) is 11.5 Å². The van der Waals surface area contributed by atoms with Crippen LogP contribution in [0.3, 0.4) is 0 Å². The highest BCUT2D eigenvalue weighted by atomic mass is 32.1. The zero-order valence-electron chi connectivity index (χ0n) is 9.46. The Kier molecular flexibility index (Phi) is 3.94. The third kappa shape index (κ3) is 2.75. The summed E-state index contributed by atoms with van der Waals surface area (Å²) in [6.45, 7) is 3.89. The Morgan fingerprint density at radius 1 is 1.47 bits per heavy atom. The van der Waals surface area contributed by atoms with Crippen LogP contribution >= 0.6 is 12.2 Å². The molecule has 2 heterocycles. The zero-order chi connectivity index (χ0) is 12.1. The first kappa shape index (κ1) is 11.9. The smallest absolute Gasteiger partial charge is 0.195 e. The van der Waals surface area contributed by atoms with E-state index in [9.17, 15) is 0 Å². The first-order chi connectivity index (χ1) is 8.33. The van der Waals surface area contributed by atoms with E-state index in [-0.39, 0.29) is 0 Å². The molecule has 2 rings (SSSR count). The van der Waals surface area contributed by atoms with Gasteiger partial charge in [-0.15, -0.1) is 0 Å². The van der Waals surface area contributed by atoms with E-state index in [2.05, 4.69) is 20.2 Å². The molecule has 0 spiro atoms. The van der Waals surface area contributed by atoms with Gasteiger partial charge in [0.25, 0.3) is 0 Å². The summed E-state index contributed by atoms with van der Waals surface area (Å²) in [6.07, 6.45) is 4.90. The molecule has 0 atom stereocenters. The standard InChI is InChI=1S/C10H13N5OS/c1-2-16-6-5-15-9(13-14-10(15)17)8-7-11-3-4-12-8/h3-4,7H,2,5-6H2,1H3,(H,14,17). The lowest BCUT2D eigenvalue weighted by molar-refractivity contribution is 0.139. The molecule has 0 amide bonds. The van der Waals surface area contributed by atoms with E-state index < -0.39 is 0 Å². The van der Waals surface area contributed by atoms with Gasteiger partial charge in [0.1, 0.15) is 5.69 Å². The van der Waals surface area contributed by atoms with Crippen LogP contribution in [-0.2, 0) is 11.3 Å². The Hall–Kier alpha value is -1.60. The van der Waals surface area contributed by atoms with Gasteiger partial charge in [0.15, 0.2) is 10.6 Å². The number of ether oxygens (including phenoxy) is 1. The number of rotatable bonds is 5. The van der Waals surface area contributed by atoms with Crippen LogP contribution in [0.25, 0.3) is 11.5 Å². The van der Waals surface area contributed by atoms with Gasteiger partial charge < -0.3 is 4.74 Å². The average molecular weight is 251 g/mol. The second-order valence-corrected chi connectivity index (χ2v) is 3.68. The van der Waals surface area contributed by atoms with Crippen molar-refractivity contribution >= 4 is 12.2 Å². The number of nitrogens with one attached hydrogen (secondary N) is 1. The molecule has 2 aromatic rings. The normalized spacial score (nSPS) is 10.6. The van der Waals surface area contributed by atoms with Gasteiger partial charge in [0.2, 0.25) is 0 Å². The third-order valence-corrected chi connectivity index (χ3v) is 2.53. The van der Waals surface area contributed by atoms with Crippen molar-refractivity contribution in [3.63, 3.8) is 0 Å². The fourth-order valence-corrected chi connectivity index (χ4v) is 1.66. The van der Waals surface area contributed by atoms with Crippen molar-refractivity contribution in [2.45, 2.75) is 13.5 Å². The van der Waals surface area contributed by atoms with Crippen molar-refractivity contribution in [3.05, 3.63) is 23.4 Å². The number of nitrogens with zero attached hydrogens (tertiary/aromatic N) is 4. The van der Waals surface area contributed by atoms with Gasteiger partial charge in [0.05, 0.1) is 19.3 Å². The summed E-state index contributed by atoms with van der Waals surface area (Å²) in [6, 6.07) is 0. The zero-order valence-corrected chi connectivity index (χ0v) is 10.3. The highest BCUT2D eigenvalue weighted by Gasteiger charge is 2.09. The fraction of sp³-hybridized carbons (Fsp3) is 0.400. The molecule has 0 saturated heterocycles. The second kappa shape index (κ2) is 5.65. The van der Waals surface area contributed by atoms with E-state index in [0.717, 1.165) is 0 Å². The summed E-state index contributed by atoms with van der Waals surface area (Å²) in [4.78, 5) is 8.21. The Morgan fingerprint density at radius 2 is 2.35 bits per heavy atom. The molecule has 0 aliphatic carbocycles. The van der Waals surface area contributed by atoms with Crippen LogP contribution in [0.1, 0.15) is 6.92 Å². The minimum absolute atomic E-state index is 0.561. The molecule has 0 saturated carbocycles. The van der Waals surface area contributed by atoms with E-state index in [0.29, 0.717) is 36.0 Å². The predicted molar refractivity (Wildman–Crippen MR) is 64.9 cm³/mol. The van der Waals surface area contributed by atoms with E-state index in [1.807, 2.05) is 11.5 Å². The highest BCUT2D eigenvalue weighted by Crippen LogP contribution is 2.12. The van der Waals surface area contributed by atoms with Crippen LogP contribution in [-0.4, -0.2) is 37.9 Å². The van der Waals surface area contributed by atoms with Gasteiger partial charge >= 0.3 is 0 Å². The SMILES string of the molecule is CCOCCn1c(-c2cnccn2)n[nH]c1=S. The average Bonchev–Trinajstić information content (AvgIpc) is 2.73. The molecular formula is C10H13N5OS. The predicted octanol–water partition coefficient (Wildman–Crippen LogP) is 1.43. The van der Waals surface area contributed by atoms with Crippen LogP contribution in [0, 0.1) is 4.77 Å². The molecule has 0 unspecified atom stereocenters. The van der Waals surface area contributed by atoms with Crippen LogP contribution in [0.15, 0.2) is 18.6 Å². The Bertz CT molecular complexity index is 521. The maximum Gasteiger partial charge on any atom is 0.195 e. The van der Waals surface area contributed by atoms with Crippen molar-refractivity contribution in [2.75, 3.05) is 13.2 Å². The van der Waals surface area contributed by atoms with Crippen molar-refractivity contribution in [1.82, 2.24) is 24.7 Å². The van der Waals surface area contributed by atoms with Gasteiger partial charge in [-0.05, 0) is 19.1 Å². The van der Waals surface area contributed by atoms with Crippen molar-refractivity contribution in [1.29, 1.82) is 0 Å². The van der Waals surface area contributed by atoms with Gasteiger partial charge in [0, 0.05) is 19.0 Å². The van der Waals surface area contributed by atoms with Crippen LogP contribution in [0.2, 0.25) is 0 Å². The highest BCUT2D eigenvalue weighted by molar-refractivity contribution is 7.71. The van der Waals surface area contributed by atoms with Crippen molar-refractivity contribution in [2.24, 2.45) is 0 Å². The monoisotopic (exact) mass is 251 g/mol. The molecule has 90 valence electrons. The molecule has 0 aromatic carbocycles. The lowest BCUT2D eigenvalue weighted by Gasteiger charge is -2.05. The number of H-pyrrole nitrogens is 1. The molecule has 0 bridgehead atoms. The summed E-state index contributed by atoms with van der Waals surface area (Å²) in [5, 5.41) is 6.91. The van der Waals surface area contributed by atoms with E-state index in [4.69, 9.17) is 17.0 Å². The van der Waals surface area contributed by atoms with Crippen LogP contribution in [0.5, 0.6) is 0 Å². The fourth-order valence-electron chi connectivity index (χ4n) is 1.44. The summed E-state index contributed by atoms with van der Waals surface area (Å²) < 4.78 is 7.72. The van der Waals surface area contributed by atoms with Crippen molar-refractivity contribution < 1.29 is 4.74 Å². The Morgan fingerprint density at radius 3 is 3.06 bits per heavy atom. The van der Waals surface area contributed by atoms with E-state index in [1.54, 1.807) is 18.6 Å². The molecule has 0 fully saturated rings. The molecular weight excluding hydrogens is 238 g/mol. The summed E-state index contributed by atoms with van der Waals surface area (Å²) in [7, 11) is 0. The molecule has 6 nitrogen and oxygen atoms in total. The maximum absolute atomic E-state index is 5.31. The molecule has 17 heavy (non-hydrogen) atoms. The number of hydrogen-bond acceptors (Lipinski definition) is 5. The minimum Gasteiger partial charge on any atom is -0.380 e. The number of hydrogen-bond donors (Lipinski definition) is 1. The first-order valence-electron chi connectivity index (χ1n) is 5.32. The second-order valence-electron chi connectivity index (χ2n) is 3.29. The van der Waals surface area contributed by atoms with Gasteiger partial charge in [-0.1, -0.05) is 0 Å². The topological polar surface area (TPSA) is 68.6 Å². The van der Waals surface area contributed by atoms with E-state index >= 15 is 0 Å². The first-order valence-corrected chi connectivity index (χ1v) is 5.73.